The van der Waals surface area contributed by atoms with E-state index in [0.29, 0.717) is 37.6 Å². The van der Waals surface area contributed by atoms with Crippen LogP contribution in [-0.4, -0.2) is 50.3 Å². The van der Waals surface area contributed by atoms with Gasteiger partial charge in [-0.1, -0.05) is 15.9 Å². The van der Waals surface area contributed by atoms with Crippen molar-refractivity contribution >= 4 is 34.2 Å². The van der Waals surface area contributed by atoms with Gasteiger partial charge in [-0.3, -0.25) is 4.79 Å². The average Bonchev–Trinajstić information content (AvgIpc) is 2.46. The third-order valence-electron chi connectivity index (χ3n) is 3.08. The molecule has 1 aliphatic rings. The molecule has 20 heavy (non-hydrogen) atoms. The molecule has 1 aromatic carbocycles. The Kier molecular flexibility index (Phi) is 6.75. The zero-order valence-corrected chi connectivity index (χ0v) is 13.6. The Labute approximate surface area is 132 Å². The van der Waals surface area contributed by atoms with E-state index in [4.69, 9.17) is 15.2 Å². The normalized spacial score (nSPS) is 18.4. The third-order valence-corrected chi connectivity index (χ3v) is 3.58. The van der Waals surface area contributed by atoms with Gasteiger partial charge in [0.1, 0.15) is 5.75 Å². The van der Waals surface area contributed by atoms with Crippen LogP contribution < -0.4 is 10.5 Å². The largest absolute Gasteiger partial charge is 0.496 e. The molecule has 0 bridgehead atoms. The second-order valence-corrected chi connectivity index (χ2v) is 5.24. The molecule has 1 heterocycles. The molecule has 0 aliphatic carbocycles. The number of hydrogen-bond donors (Lipinski definition) is 1. The number of morpholine rings is 1. The number of methoxy groups -OCH3 is 1. The number of ether oxygens (including phenoxy) is 2. The summed E-state index contributed by atoms with van der Waals surface area (Å²) >= 11 is 3.36. The lowest BCUT2D eigenvalue weighted by atomic mass is 10.1. The monoisotopic (exact) mass is 364 g/mol. The van der Waals surface area contributed by atoms with Crippen LogP contribution in [0.25, 0.3) is 0 Å². The summed E-state index contributed by atoms with van der Waals surface area (Å²) in [5.41, 5.74) is 6.15. The van der Waals surface area contributed by atoms with E-state index in [0.717, 1.165) is 4.47 Å². The fourth-order valence-corrected chi connectivity index (χ4v) is 2.40. The zero-order valence-electron chi connectivity index (χ0n) is 11.2. The van der Waals surface area contributed by atoms with E-state index < -0.39 is 0 Å². The maximum Gasteiger partial charge on any atom is 0.257 e. The first-order valence-electron chi connectivity index (χ1n) is 6.10. The third kappa shape index (κ3) is 3.85. The first kappa shape index (κ1) is 17.2. The molecule has 1 aromatic rings. The Hall–Kier alpha value is -0.820. The molecule has 1 amide bonds. The van der Waals surface area contributed by atoms with Gasteiger partial charge in [-0.05, 0) is 18.2 Å². The van der Waals surface area contributed by atoms with Crippen molar-refractivity contribution in [2.24, 2.45) is 5.73 Å². The van der Waals surface area contributed by atoms with Crippen molar-refractivity contribution in [2.75, 3.05) is 33.4 Å². The standard InChI is InChI=1S/C13H17BrN2O3.ClH/c1-18-12-6-9(14)2-3-11(12)13(17)16-4-5-19-10(7-15)8-16;/h2-3,6,10H,4-5,7-8,15H2,1H3;1H. The summed E-state index contributed by atoms with van der Waals surface area (Å²) in [6.07, 6.45) is -0.0841. The Morgan fingerprint density at radius 1 is 1.60 bits per heavy atom. The predicted octanol–water partition coefficient (Wildman–Crippen LogP) is 1.68. The van der Waals surface area contributed by atoms with Gasteiger partial charge in [-0.2, -0.15) is 0 Å². The molecular weight excluding hydrogens is 348 g/mol. The van der Waals surface area contributed by atoms with Crippen molar-refractivity contribution in [1.29, 1.82) is 0 Å². The summed E-state index contributed by atoms with van der Waals surface area (Å²) < 4.78 is 11.6. The molecule has 5 nitrogen and oxygen atoms in total. The quantitative estimate of drug-likeness (QED) is 0.885. The molecule has 1 unspecified atom stereocenters. The van der Waals surface area contributed by atoms with Crippen LogP contribution in [0.1, 0.15) is 10.4 Å². The van der Waals surface area contributed by atoms with E-state index in [2.05, 4.69) is 15.9 Å². The molecule has 1 saturated heterocycles. The topological polar surface area (TPSA) is 64.8 Å². The van der Waals surface area contributed by atoms with Gasteiger partial charge in [0.05, 0.1) is 25.4 Å². The minimum absolute atomic E-state index is 0. The smallest absolute Gasteiger partial charge is 0.257 e. The van der Waals surface area contributed by atoms with E-state index in [1.54, 1.807) is 24.1 Å². The number of hydrogen-bond acceptors (Lipinski definition) is 4. The first-order chi connectivity index (χ1) is 9.15. The van der Waals surface area contributed by atoms with Crippen molar-refractivity contribution in [2.45, 2.75) is 6.10 Å². The maximum absolute atomic E-state index is 12.5. The molecule has 0 spiro atoms. The number of rotatable bonds is 3. The minimum atomic E-state index is -0.0841. The lowest BCUT2D eigenvalue weighted by Crippen LogP contribution is -2.48. The average molecular weight is 366 g/mol. The molecule has 0 aromatic heterocycles. The number of halogens is 2. The lowest BCUT2D eigenvalue weighted by Gasteiger charge is -2.32. The molecule has 1 aliphatic heterocycles. The molecule has 2 N–H and O–H groups in total. The molecule has 2 rings (SSSR count). The van der Waals surface area contributed by atoms with E-state index in [9.17, 15) is 4.79 Å². The second-order valence-electron chi connectivity index (χ2n) is 4.32. The summed E-state index contributed by atoms with van der Waals surface area (Å²) in [7, 11) is 1.56. The molecular formula is C13H18BrClN2O3. The van der Waals surface area contributed by atoms with Crippen LogP contribution in [0.3, 0.4) is 0 Å². The lowest BCUT2D eigenvalue weighted by molar-refractivity contribution is -0.0168. The van der Waals surface area contributed by atoms with Gasteiger partial charge >= 0.3 is 0 Å². The molecule has 0 saturated carbocycles. The number of nitrogens with two attached hydrogens (primary N) is 1. The Balaban J connectivity index is 0.00000200. The summed E-state index contributed by atoms with van der Waals surface area (Å²) in [5, 5.41) is 0. The van der Waals surface area contributed by atoms with Crippen LogP contribution in [0.2, 0.25) is 0 Å². The minimum Gasteiger partial charge on any atom is -0.496 e. The number of amides is 1. The van der Waals surface area contributed by atoms with Gasteiger partial charge in [0.25, 0.3) is 5.91 Å². The van der Waals surface area contributed by atoms with Crippen LogP contribution in [0, 0.1) is 0 Å². The fourth-order valence-electron chi connectivity index (χ4n) is 2.06. The van der Waals surface area contributed by atoms with Crippen molar-refractivity contribution in [3.8, 4) is 5.75 Å². The zero-order chi connectivity index (χ0) is 13.8. The number of benzene rings is 1. The Morgan fingerprint density at radius 3 is 3.00 bits per heavy atom. The Bertz CT molecular complexity index is 473. The molecule has 1 fully saturated rings. The van der Waals surface area contributed by atoms with Crippen molar-refractivity contribution in [3.05, 3.63) is 28.2 Å². The molecule has 7 heteroatoms. The highest BCUT2D eigenvalue weighted by molar-refractivity contribution is 9.10. The van der Waals surface area contributed by atoms with Gasteiger partial charge in [-0.15, -0.1) is 12.4 Å². The highest BCUT2D eigenvalue weighted by atomic mass is 79.9. The van der Waals surface area contributed by atoms with E-state index in [-0.39, 0.29) is 24.4 Å². The van der Waals surface area contributed by atoms with Crippen molar-refractivity contribution in [3.63, 3.8) is 0 Å². The van der Waals surface area contributed by atoms with Gasteiger partial charge in [0, 0.05) is 24.1 Å². The summed E-state index contributed by atoms with van der Waals surface area (Å²) in [6, 6.07) is 5.38. The first-order valence-corrected chi connectivity index (χ1v) is 6.89. The number of nitrogens with zero attached hydrogens (tertiary/aromatic N) is 1. The van der Waals surface area contributed by atoms with E-state index >= 15 is 0 Å². The van der Waals surface area contributed by atoms with Gasteiger partial charge in [0.2, 0.25) is 0 Å². The van der Waals surface area contributed by atoms with E-state index in [1.807, 2.05) is 6.07 Å². The molecule has 1 atom stereocenters. The summed E-state index contributed by atoms with van der Waals surface area (Å²) in [6.45, 7) is 2.04. The van der Waals surface area contributed by atoms with Gasteiger partial charge < -0.3 is 20.1 Å². The van der Waals surface area contributed by atoms with E-state index in [1.165, 1.54) is 0 Å². The highest BCUT2D eigenvalue weighted by Crippen LogP contribution is 2.25. The predicted molar refractivity (Wildman–Crippen MR) is 82.6 cm³/mol. The van der Waals surface area contributed by atoms with Crippen molar-refractivity contribution < 1.29 is 14.3 Å². The Morgan fingerprint density at radius 2 is 2.35 bits per heavy atom. The van der Waals surface area contributed by atoms with Gasteiger partial charge in [-0.25, -0.2) is 0 Å². The van der Waals surface area contributed by atoms with Crippen molar-refractivity contribution in [1.82, 2.24) is 4.90 Å². The molecule has 0 radical (unpaired) electrons. The van der Waals surface area contributed by atoms with Crippen LogP contribution in [0.5, 0.6) is 5.75 Å². The maximum atomic E-state index is 12.5. The van der Waals surface area contributed by atoms with Gasteiger partial charge in [0.15, 0.2) is 0 Å². The van der Waals surface area contributed by atoms with Crippen LogP contribution in [0.4, 0.5) is 0 Å². The number of carbonyl (C=O) groups is 1. The summed E-state index contributed by atoms with van der Waals surface area (Å²) in [5.74, 6) is 0.515. The summed E-state index contributed by atoms with van der Waals surface area (Å²) in [4.78, 5) is 14.2. The fraction of sp³-hybridized carbons (Fsp3) is 0.462. The molecule has 112 valence electrons. The second kappa shape index (κ2) is 7.83. The number of carbonyl (C=O) groups excluding carboxylic acids is 1. The van der Waals surface area contributed by atoms with Crippen LogP contribution in [-0.2, 0) is 4.74 Å². The van der Waals surface area contributed by atoms with Crippen LogP contribution in [0.15, 0.2) is 22.7 Å². The SMILES string of the molecule is COc1cc(Br)ccc1C(=O)N1CCOC(CN)C1.Cl. The highest BCUT2D eigenvalue weighted by Gasteiger charge is 2.26. The van der Waals surface area contributed by atoms with Crippen LogP contribution >= 0.6 is 28.3 Å².